The third-order valence-corrected chi connectivity index (χ3v) is 7.31. The number of likely N-dealkylation sites (tertiary alicyclic amines) is 1. The van der Waals surface area contributed by atoms with Crippen LogP contribution in [0.25, 0.3) is 0 Å². The molecule has 0 bridgehead atoms. The topological polar surface area (TPSA) is 54.5 Å². The van der Waals surface area contributed by atoms with Gasteiger partial charge in [0.15, 0.2) is 5.82 Å². The van der Waals surface area contributed by atoms with E-state index in [0.29, 0.717) is 0 Å². The lowest BCUT2D eigenvalue weighted by atomic mass is 9.73. The summed E-state index contributed by atoms with van der Waals surface area (Å²) < 4.78 is 0. The molecule has 1 aromatic heterocycles. The molecule has 4 nitrogen and oxygen atoms in total. The molecule has 0 unspecified atom stereocenters. The molecule has 0 amide bonds. The fourth-order valence-corrected chi connectivity index (χ4v) is 5.42. The van der Waals surface area contributed by atoms with E-state index in [1.165, 1.54) is 40.9 Å². The van der Waals surface area contributed by atoms with Crippen molar-refractivity contribution in [2.24, 2.45) is 16.1 Å². The van der Waals surface area contributed by atoms with Crippen molar-refractivity contribution in [1.29, 1.82) is 0 Å². The van der Waals surface area contributed by atoms with E-state index in [-0.39, 0.29) is 11.5 Å². The summed E-state index contributed by atoms with van der Waals surface area (Å²) in [5.41, 5.74) is 12.5. The van der Waals surface area contributed by atoms with Crippen molar-refractivity contribution >= 4 is 11.7 Å². The summed E-state index contributed by atoms with van der Waals surface area (Å²) in [7, 11) is 0. The van der Waals surface area contributed by atoms with Crippen LogP contribution in [0.2, 0.25) is 0 Å². The molecule has 4 aliphatic rings. The average molecular weight is 358 g/mol. The number of benzene rings is 1. The van der Waals surface area contributed by atoms with Gasteiger partial charge in [-0.25, -0.2) is 9.98 Å². The van der Waals surface area contributed by atoms with Crippen LogP contribution in [-0.2, 0) is 12.8 Å². The second kappa shape index (κ2) is 5.65. The molecule has 2 aliphatic heterocycles. The van der Waals surface area contributed by atoms with E-state index in [1.54, 1.807) is 0 Å². The number of hydrogen-bond acceptors (Lipinski definition) is 4. The molecule has 27 heavy (non-hydrogen) atoms. The Morgan fingerprint density at radius 1 is 1.07 bits per heavy atom. The Morgan fingerprint density at radius 3 is 2.67 bits per heavy atom. The summed E-state index contributed by atoms with van der Waals surface area (Å²) in [6.45, 7) is 2.12. The maximum Gasteiger partial charge on any atom is 0.157 e. The van der Waals surface area contributed by atoms with Gasteiger partial charge < -0.3 is 10.6 Å². The zero-order valence-electron chi connectivity index (χ0n) is 15.7. The van der Waals surface area contributed by atoms with Gasteiger partial charge in [-0.05, 0) is 66.2 Å². The number of nitrogens with zero attached hydrogens (tertiary/aromatic N) is 3. The molecule has 2 aromatic rings. The summed E-state index contributed by atoms with van der Waals surface area (Å²) in [6.07, 6.45) is 9.08. The Morgan fingerprint density at radius 2 is 1.89 bits per heavy atom. The number of aromatic nitrogens is 1. The van der Waals surface area contributed by atoms with Crippen molar-refractivity contribution in [3.63, 3.8) is 0 Å². The lowest BCUT2D eigenvalue weighted by molar-refractivity contribution is 0.127. The first-order valence-corrected chi connectivity index (χ1v) is 10.4. The first-order chi connectivity index (χ1) is 13.2. The van der Waals surface area contributed by atoms with Gasteiger partial charge in [0.25, 0.3) is 0 Å². The zero-order valence-corrected chi connectivity index (χ0v) is 15.7. The third-order valence-electron chi connectivity index (χ3n) is 7.31. The predicted molar refractivity (Wildman–Crippen MR) is 107 cm³/mol. The highest BCUT2D eigenvalue weighted by Crippen LogP contribution is 2.51. The molecule has 2 fully saturated rings. The standard InChI is InChI=1S/C23H26N4/c24-21-19-4-2-1-3-16(19)13-23(21)7-9-27(10-8-23)20-12-17-11-18(15-5-6-15)14-25-22(17)26-20/h1-4,11,14-15,21H,5-10,12-13,24H2/t21-/m1/s1. The molecule has 3 heterocycles. The highest BCUT2D eigenvalue weighted by atomic mass is 15.2. The molecule has 1 spiro atoms. The van der Waals surface area contributed by atoms with Crippen LogP contribution in [0.15, 0.2) is 41.5 Å². The predicted octanol–water partition coefficient (Wildman–Crippen LogP) is 3.88. The van der Waals surface area contributed by atoms with Gasteiger partial charge >= 0.3 is 0 Å². The number of amidine groups is 1. The SMILES string of the molecule is N[C@@H]1c2ccccc2CC12CCN(C1=Nc3ncc(C4CC4)cc3C1)CC2. The van der Waals surface area contributed by atoms with Crippen molar-refractivity contribution in [3.05, 3.63) is 58.8 Å². The van der Waals surface area contributed by atoms with Crippen LogP contribution < -0.4 is 5.73 Å². The highest BCUT2D eigenvalue weighted by Gasteiger charge is 2.46. The van der Waals surface area contributed by atoms with Crippen LogP contribution in [-0.4, -0.2) is 28.8 Å². The van der Waals surface area contributed by atoms with Crippen molar-refractivity contribution in [2.75, 3.05) is 13.1 Å². The number of fused-ring (bicyclic) bond motifs is 2. The first-order valence-electron chi connectivity index (χ1n) is 10.4. The smallest absolute Gasteiger partial charge is 0.157 e. The molecule has 2 aliphatic carbocycles. The minimum atomic E-state index is 0.182. The number of pyridine rings is 1. The van der Waals surface area contributed by atoms with Gasteiger partial charge in [0, 0.05) is 37.3 Å². The summed E-state index contributed by atoms with van der Waals surface area (Å²) in [6, 6.07) is 11.3. The quantitative estimate of drug-likeness (QED) is 0.841. The Hall–Kier alpha value is -2.20. The average Bonchev–Trinajstić information content (AvgIpc) is 3.41. The minimum Gasteiger partial charge on any atom is -0.360 e. The van der Waals surface area contributed by atoms with E-state index < -0.39 is 0 Å². The van der Waals surface area contributed by atoms with Gasteiger partial charge in [0.1, 0.15) is 5.84 Å². The summed E-state index contributed by atoms with van der Waals surface area (Å²) >= 11 is 0. The Bertz CT molecular complexity index is 935. The zero-order chi connectivity index (χ0) is 18.0. The molecule has 1 aromatic carbocycles. The Balaban J connectivity index is 1.17. The lowest BCUT2D eigenvalue weighted by Gasteiger charge is -2.43. The van der Waals surface area contributed by atoms with Gasteiger partial charge in [-0.1, -0.05) is 24.3 Å². The lowest BCUT2D eigenvalue weighted by Crippen LogP contribution is -2.46. The number of piperidine rings is 1. The van der Waals surface area contributed by atoms with Crippen molar-refractivity contribution in [2.45, 2.75) is 50.5 Å². The van der Waals surface area contributed by atoms with E-state index in [1.807, 2.05) is 6.20 Å². The van der Waals surface area contributed by atoms with E-state index >= 15 is 0 Å². The maximum absolute atomic E-state index is 6.72. The third kappa shape index (κ3) is 2.46. The Labute approximate surface area is 160 Å². The second-order valence-corrected chi connectivity index (χ2v) is 8.93. The summed E-state index contributed by atoms with van der Waals surface area (Å²) in [4.78, 5) is 12.0. The van der Waals surface area contributed by atoms with Crippen LogP contribution in [0.3, 0.4) is 0 Å². The van der Waals surface area contributed by atoms with E-state index in [4.69, 9.17) is 10.7 Å². The van der Waals surface area contributed by atoms with Crippen LogP contribution in [0.1, 0.15) is 59.9 Å². The van der Waals surface area contributed by atoms with Gasteiger partial charge in [-0.2, -0.15) is 0 Å². The summed E-state index contributed by atoms with van der Waals surface area (Å²) in [5.74, 6) is 2.91. The maximum atomic E-state index is 6.72. The molecule has 1 saturated carbocycles. The molecular weight excluding hydrogens is 332 g/mol. The van der Waals surface area contributed by atoms with Crippen molar-refractivity contribution in [3.8, 4) is 0 Å². The van der Waals surface area contributed by atoms with Crippen LogP contribution >= 0.6 is 0 Å². The van der Waals surface area contributed by atoms with Crippen LogP contribution in [0.5, 0.6) is 0 Å². The van der Waals surface area contributed by atoms with E-state index in [0.717, 1.165) is 50.5 Å². The van der Waals surface area contributed by atoms with Gasteiger partial charge in [0.2, 0.25) is 0 Å². The fourth-order valence-electron chi connectivity index (χ4n) is 5.42. The number of aliphatic imine (C=N–C) groups is 1. The number of nitrogens with two attached hydrogens (primary N) is 1. The fraction of sp³-hybridized carbons (Fsp3) is 0.478. The molecule has 1 saturated heterocycles. The monoisotopic (exact) mass is 358 g/mol. The van der Waals surface area contributed by atoms with Crippen LogP contribution in [0.4, 0.5) is 5.82 Å². The second-order valence-electron chi connectivity index (χ2n) is 8.93. The van der Waals surface area contributed by atoms with Gasteiger partial charge in [-0.15, -0.1) is 0 Å². The highest BCUT2D eigenvalue weighted by molar-refractivity contribution is 5.91. The molecule has 138 valence electrons. The largest absolute Gasteiger partial charge is 0.360 e. The Kier molecular flexibility index (Phi) is 3.31. The van der Waals surface area contributed by atoms with E-state index in [2.05, 4.69) is 40.2 Å². The van der Waals surface area contributed by atoms with Gasteiger partial charge in [-0.3, -0.25) is 0 Å². The molecule has 2 N–H and O–H groups in total. The molecule has 4 heteroatoms. The molecular formula is C23H26N4. The van der Waals surface area contributed by atoms with Gasteiger partial charge in [0.05, 0.1) is 0 Å². The minimum absolute atomic E-state index is 0.182. The number of rotatable bonds is 1. The molecule has 6 rings (SSSR count). The molecule has 0 radical (unpaired) electrons. The normalized spacial score (nSPS) is 25.4. The first kappa shape index (κ1) is 15.8. The molecule has 1 atom stereocenters. The van der Waals surface area contributed by atoms with Crippen LogP contribution in [0, 0.1) is 5.41 Å². The van der Waals surface area contributed by atoms with Crippen molar-refractivity contribution in [1.82, 2.24) is 9.88 Å². The summed E-state index contributed by atoms with van der Waals surface area (Å²) in [5, 5.41) is 0. The van der Waals surface area contributed by atoms with Crippen molar-refractivity contribution < 1.29 is 0 Å². The van der Waals surface area contributed by atoms with E-state index in [9.17, 15) is 0 Å². The number of hydrogen-bond donors (Lipinski definition) is 1.